The SMILES string of the molecule is CC(C)(CCOC(=O)Oc1ccc(NO)cc1)OCCC(C)(C)OCCOC(=O)Oc1ccc([N+](=O)[O-])cc1. The van der Waals surface area contributed by atoms with Gasteiger partial charge in [0.25, 0.3) is 5.69 Å². The van der Waals surface area contributed by atoms with E-state index in [1.807, 2.05) is 33.2 Å². The van der Waals surface area contributed by atoms with Gasteiger partial charge in [-0.15, -0.1) is 0 Å². The van der Waals surface area contributed by atoms with E-state index in [-0.39, 0.29) is 37.0 Å². The summed E-state index contributed by atoms with van der Waals surface area (Å²) in [6.45, 7) is 8.05. The molecule has 13 heteroatoms. The third-order valence-corrected chi connectivity index (χ3v) is 5.35. The second-order valence-electron chi connectivity index (χ2n) is 9.50. The highest BCUT2D eigenvalue weighted by atomic mass is 16.7. The fraction of sp³-hybridized carbons (Fsp3) is 0.462. The van der Waals surface area contributed by atoms with Gasteiger partial charge in [0.15, 0.2) is 0 Å². The minimum atomic E-state index is -0.946. The average Bonchev–Trinajstić information content (AvgIpc) is 2.87. The van der Waals surface area contributed by atoms with Crippen LogP contribution in [0.25, 0.3) is 0 Å². The van der Waals surface area contributed by atoms with Gasteiger partial charge in [-0.05, 0) is 70.5 Å². The second-order valence-corrected chi connectivity index (χ2v) is 9.50. The van der Waals surface area contributed by atoms with Crippen molar-refractivity contribution in [2.75, 3.05) is 31.9 Å². The summed E-state index contributed by atoms with van der Waals surface area (Å²) < 4.78 is 31.8. The third kappa shape index (κ3) is 12.4. The number of carbonyl (C=O) groups excluding carboxylic acids is 2. The van der Waals surface area contributed by atoms with Crippen molar-refractivity contribution < 1.29 is 48.1 Å². The summed E-state index contributed by atoms with van der Waals surface area (Å²) in [5.41, 5.74) is 1.18. The van der Waals surface area contributed by atoms with Crippen LogP contribution in [-0.2, 0) is 18.9 Å². The Morgan fingerprint density at radius 2 is 1.23 bits per heavy atom. The zero-order valence-corrected chi connectivity index (χ0v) is 22.3. The molecule has 2 rings (SSSR count). The molecule has 2 aromatic carbocycles. The summed E-state index contributed by atoms with van der Waals surface area (Å²) in [6, 6.07) is 11.1. The van der Waals surface area contributed by atoms with E-state index in [9.17, 15) is 19.7 Å². The Kier molecular flexibility index (Phi) is 11.9. The summed E-state index contributed by atoms with van der Waals surface area (Å²) in [5, 5.41) is 19.5. The molecule has 214 valence electrons. The molecule has 0 aromatic heterocycles. The average molecular weight is 551 g/mol. The molecule has 0 bridgehead atoms. The van der Waals surface area contributed by atoms with E-state index in [4.69, 9.17) is 33.6 Å². The van der Waals surface area contributed by atoms with Crippen LogP contribution in [-0.4, -0.2) is 60.1 Å². The number of nitrogens with one attached hydrogen (secondary N) is 1. The standard InChI is InChI=1S/C26H34N2O11/c1-25(2,13-15-34-23(29)38-21-9-5-19(27-31)6-10-21)36-16-14-26(3,4)37-18-17-35-24(30)39-22-11-7-20(8-12-22)28(32)33/h5-12,27,31H,13-18H2,1-4H3. The fourth-order valence-corrected chi connectivity index (χ4v) is 3.03. The van der Waals surface area contributed by atoms with E-state index in [1.165, 1.54) is 48.5 Å². The molecule has 13 nitrogen and oxygen atoms in total. The largest absolute Gasteiger partial charge is 0.513 e. The van der Waals surface area contributed by atoms with Crippen molar-refractivity contribution in [3.05, 3.63) is 58.6 Å². The molecule has 2 N–H and O–H groups in total. The molecule has 0 unspecified atom stereocenters. The van der Waals surface area contributed by atoms with Crippen molar-refractivity contribution in [2.24, 2.45) is 0 Å². The molecular weight excluding hydrogens is 516 g/mol. The van der Waals surface area contributed by atoms with E-state index < -0.39 is 28.4 Å². The first-order valence-electron chi connectivity index (χ1n) is 12.1. The van der Waals surface area contributed by atoms with Gasteiger partial charge in [0.1, 0.15) is 18.1 Å². The smallest absolute Gasteiger partial charge is 0.434 e. The molecule has 0 saturated carbocycles. The zero-order valence-electron chi connectivity index (χ0n) is 22.3. The van der Waals surface area contributed by atoms with Crippen molar-refractivity contribution >= 4 is 23.7 Å². The summed E-state index contributed by atoms with van der Waals surface area (Å²) in [7, 11) is 0. The van der Waals surface area contributed by atoms with Gasteiger partial charge in [-0.1, -0.05) is 0 Å². The summed E-state index contributed by atoms with van der Waals surface area (Å²) in [4.78, 5) is 33.7. The Morgan fingerprint density at radius 3 is 1.74 bits per heavy atom. The molecule has 0 aliphatic rings. The topological polar surface area (TPSA) is 165 Å². The van der Waals surface area contributed by atoms with Crippen molar-refractivity contribution in [1.29, 1.82) is 0 Å². The van der Waals surface area contributed by atoms with Gasteiger partial charge < -0.3 is 28.4 Å². The predicted octanol–water partition coefficient (Wildman–Crippen LogP) is 5.50. The first-order chi connectivity index (χ1) is 18.4. The van der Waals surface area contributed by atoms with E-state index >= 15 is 0 Å². The van der Waals surface area contributed by atoms with Crippen LogP contribution >= 0.6 is 0 Å². The van der Waals surface area contributed by atoms with Crippen molar-refractivity contribution in [2.45, 2.75) is 51.7 Å². The van der Waals surface area contributed by atoms with Gasteiger partial charge in [0.2, 0.25) is 0 Å². The number of hydrogen-bond acceptors (Lipinski definition) is 12. The molecule has 0 heterocycles. The van der Waals surface area contributed by atoms with Crippen LogP contribution in [0.3, 0.4) is 0 Å². The normalized spacial score (nSPS) is 11.4. The Balaban J connectivity index is 1.59. The maximum Gasteiger partial charge on any atom is 0.513 e. The highest BCUT2D eigenvalue weighted by molar-refractivity contribution is 5.64. The fourth-order valence-electron chi connectivity index (χ4n) is 3.03. The summed E-state index contributed by atoms with van der Waals surface area (Å²) >= 11 is 0. The van der Waals surface area contributed by atoms with E-state index in [0.717, 1.165) is 0 Å². The van der Waals surface area contributed by atoms with Crippen molar-refractivity contribution in [1.82, 2.24) is 0 Å². The molecule has 0 radical (unpaired) electrons. The second kappa shape index (κ2) is 14.9. The zero-order chi connectivity index (χ0) is 28.9. The Bertz CT molecular complexity index is 1070. The van der Waals surface area contributed by atoms with Crippen molar-refractivity contribution in [3.63, 3.8) is 0 Å². The molecule has 0 amide bonds. The van der Waals surface area contributed by atoms with Crippen LogP contribution in [0.2, 0.25) is 0 Å². The van der Waals surface area contributed by atoms with Crippen molar-refractivity contribution in [3.8, 4) is 11.5 Å². The van der Waals surface area contributed by atoms with Gasteiger partial charge in [-0.2, -0.15) is 0 Å². The number of non-ortho nitro benzene ring substituents is 1. The molecule has 2 aromatic rings. The number of rotatable bonds is 15. The van der Waals surface area contributed by atoms with E-state index in [1.54, 1.807) is 0 Å². The third-order valence-electron chi connectivity index (χ3n) is 5.35. The number of hydrogen-bond donors (Lipinski definition) is 2. The molecule has 0 aliphatic heterocycles. The summed E-state index contributed by atoms with van der Waals surface area (Å²) in [5.74, 6) is 0.406. The number of carbonyl (C=O) groups is 2. The van der Waals surface area contributed by atoms with Gasteiger partial charge in [-0.25, -0.2) is 9.59 Å². The lowest BCUT2D eigenvalue weighted by molar-refractivity contribution is -0.384. The minimum absolute atomic E-state index is 0.0441. The highest BCUT2D eigenvalue weighted by Gasteiger charge is 2.23. The quantitative estimate of drug-likeness (QED) is 0.0942. The number of anilines is 1. The van der Waals surface area contributed by atoms with Crippen LogP contribution in [0.15, 0.2) is 48.5 Å². The number of nitrogens with zero attached hydrogens (tertiary/aromatic N) is 1. The maximum absolute atomic E-state index is 11.9. The van der Waals surface area contributed by atoms with Crippen LogP contribution in [0.4, 0.5) is 21.0 Å². The van der Waals surface area contributed by atoms with E-state index in [0.29, 0.717) is 25.1 Å². The Morgan fingerprint density at radius 1 is 0.769 bits per heavy atom. The number of nitro benzene ring substituents is 1. The monoisotopic (exact) mass is 550 g/mol. The molecule has 0 aliphatic carbocycles. The molecule has 0 atom stereocenters. The van der Waals surface area contributed by atoms with Crippen LogP contribution in [0.1, 0.15) is 40.5 Å². The lowest BCUT2D eigenvalue weighted by atomic mass is 10.0. The van der Waals surface area contributed by atoms with Gasteiger partial charge in [0, 0.05) is 18.6 Å². The molecule has 0 saturated heterocycles. The molecule has 0 spiro atoms. The first kappa shape index (κ1) is 31.3. The number of ether oxygens (including phenoxy) is 6. The summed E-state index contributed by atoms with van der Waals surface area (Å²) in [6.07, 6.45) is -0.811. The lowest BCUT2D eigenvalue weighted by Crippen LogP contribution is -2.32. The first-order valence-corrected chi connectivity index (χ1v) is 12.1. The van der Waals surface area contributed by atoms with E-state index in [2.05, 4.69) is 0 Å². The van der Waals surface area contributed by atoms with Gasteiger partial charge in [-0.3, -0.25) is 20.8 Å². The number of benzene rings is 2. The van der Waals surface area contributed by atoms with Crippen LogP contribution in [0.5, 0.6) is 11.5 Å². The number of nitro groups is 1. The van der Waals surface area contributed by atoms with Gasteiger partial charge >= 0.3 is 12.3 Å². The minimum Gasteiger partial charge on any atom is -0.434 e. The molecule has 39 heavy (non-hydrogen) atoms. The van der Waals surface area contributed by atoms with Crippen LogP contribution < -0.4 is 15.0 Å². The molecule has 0 fully saturated rings. The predicted molar refractivity (Wildman–Crippen MR) is 138 cm³/mol. The Labute approximate surface area is 226 Å². The maximum atomic E-state index is 11.9. The van der Waals surface area contributed by atoms with Crippen LogP contribution in [0, 0.1) is 10.1 Å². The lowest BCUT2D eigenvalue weighted by Gasteiger charge is -2.29. The van der Waals surface area contributed by atoms with Gasteiger partial charge in [0.05, 0.1) is 41.6 Å². The Hall–Kier alpha value is -3.94. The highest BCUT2D eigenvalue weighted by Crippen LogP contribution is 2.21. The molecular formula is C26H34N2O11.